The molecule has 12 heteroatoms. The van der Waals surface area contributed by atoms with Gasteiger partial charge in [-0.1, -0.05) is 19.1 Å². The normalized spacial score (nSPS) is 30.9. The zero-order valence-electron chi connectivity index (χ0n) is 19.4. The number of benzene rings is 1. The van der Waals surface area contributed by atoms with Gasteiger partial charge in [0.25, 0.3) is 0 Å². The van der Waals surface area contributed by atoms with Gasteiger partial charge in [0.05, 0.1) is 11.0 Å². The smallest absolute Gasteiger partial charge is 0.425 e. The van der Waals surface area contributed by atoms with Crippen molar-refractivity contribution in [3.63, 3.8) is 0 Å². The summed E-state index contributed by atoms with van der Waals surface area (Å²) in [7, 11) is 0. The highest BCUT2D eigenvalue weighted by Crippen LogP contribution is 2.44. The second-order valence-corrected chi connectivity index (χ2v) is 9.21. The maximum Gasteiger partial charge on any atom is 0.425 e. The number of hydrogen-bond acceptors (Lipinski definition) is 9. The van der Waals surface area contributed by atoms with Crippen molar-refractivity contribution in [1.82, 2.24) is 0 Å². The fourth-order valence-electron chi connectivity index (χ4n) is 3.68. The minimum atomic E-state index is -4.66. The lowest BCUT2D eigenvalue weighted by atomic mass is 9.90. The summed E-state index contributed by atoms with van der Waals surface area (Å²) in [5.74, 6) is -2.41. The van der Waals surface area contributed by atoms with Crippen molar-refractivity contribution >= 4 is 17.9 Å². The van der Waals surface area contributed by atoms with Crippen LogP contribution in [0.25, 0.3) is 0 Å². The summed E-state index contributed by atoms with van der Waals surface area (Å²) in [6.45, 7) is 5.98. The molecule has 1 aromatic carbocycles. The van der Waals surface area contributed by atoms with Crippen LogP contribution in [0.3, 0.4) is 0 Å². The van der Waals surface area contributed by atoms with Crippen LogP contribution in [0.2, 0.25) is 0 Å². The molecular weight excluding hydrogens is 477 g/mol. The number of carbonyl (C=O) groups excluding carboxylic acids is 3. The van der Waals surface area contributed by atoms with Crippen molar-refractivity contribution in [3.05, 3.63) is 35.4 Å². The van der Waals surface area contributed by atoms with Crippen molar-refractivity contribution in [2.45, 2.75) is 83.4 Å². The Morgan fingerprint density at radius 2 is 1.69 bits per heavy atom. The van der Waals surface area contributed by atoms with E-state index in [1.807, 2.05) is 6.92 Å². The Labute approximate surface area is 198 Å². The molecule has 9 nitrogen and oxygen atoms in total. The van der Waals surface area contributed by atoms with Crippen LogP contribution in [0.4, 0.5) is 13.2 Å². The van der Waals surface area contributed by atoms with Gasteiger partial charge in [-0.25, -0.2) is 9.59 Å². The van der Waals surface area contributed by atoms with Gasteiger partial charge in [-0.3, -0.25) is 4.79 Å². The largest absolute Gasteiger partial charge is 0.454 e. The first-order valence-corrected chi connectivity index (χ1v) is 11.1. The summed E-state index contributed by atoms with van der Waals surface area (Å²) in [6.07, 6.45) is -12.0. The summed E-state index contributed by atoms with van der Waals surface area (Å²) in [4.78, 5) is 36.7. The number of hydrogen-bond donors (Lipinski definition) is 0. The van der Waals surface area contributed by atoms with E-state index in [0.717, 1.165) is 6.92 Å². The number of ether oxygens (including phenoxy) is 6. The van der Waals surface area contributed by atoms with Gasteiger partial charge in [-0.05, 0) is 39.3 Å². The molecule has 7 atom stereocenters. The van der Waals surface area contributed by atoms with Gasteiger partial charge in [0.15, 0.2) is 30.9 Å². The van der Waals surface area contributed by atoms with Gasteiger partial charge in [0.2, 0.25) is 6.10 Å². The highest BCUT2D eigenvalue weighted by Gasteiger charge is 2.63. The molecule has 0 amide bonds. The van der Waals surface area contributed by atoms with Crippen LogP contribution in [0.5, 0.6) is 0 Å². The zero-order valence-corrected chi connectivity index (χ0v) is 19.4. The van der Waals surface area contributed by atoms with Gasteiger partial charge >= 0.3 is 24.1 Å². The lowest BCUT2D eigenvalue weighted by Gasteiger charge is -2.24. The van der Waals surface area contributed by atoms with Gasteiger partial charge in [0.1, 0.15) is 6.10 Å². The van der Waals surface area contributed by atoms with Gasteiger partial charge in [-0.2, -0.15) is 13.2 Å². The molecule has 3 aliphatic rings. The van der Waals surface area contributed by atoms with E-state index in [9.17, 15) is 27.6 Å². The van der Waals surface area contributed by atoms with Crippen molar-refractivity contribution < 1.29 is 56.0 Å². The van der Waals surface area contributed by atoms with Crippen molar-refractivity contribution in [2.75, 3.05) is 0 Å². The van der Waals surface area contributed by atoms with E-state index in [1.54, 1.807) is 13.8 Å². The Morgan fingerprint density at radius 3 is 2.29 bits per heavy atom. The van der Waals surface area contributed by atoms with Crippen LogP contribution < -0.4 is 0 Å². The molecule has 192 valence electrons. The molecule has 3 heterocycles. The molecule has 35 heavy (non-hydrogen) atoms. The first kappa shape index (κ1) is 25.4. The van der Waals surface area contributed by atoms with E-state index in [1.165, 1.54) is 24.3 Å². The molecule has 7 unspecified atom stereocenters. The number of fused-ring (bicyclic) bond motifs is 3. The van der Waals surface area contributed by atoms with Gasteiger partial charge in [-0.15, -0.1) is 0 Å². The molecule has 0 bridgehead atoms. The molecule has 3 saturated heterocycles. The predicted molar refractivity (Wildman–Crippen MR) is 109 cm³/mol. The third-order valence-corrected chi connectivity index (χ3v) is 6.36. The lowest BCUT2D eigenvalue weighted by molar-refractivity contribution is -0.198. The van der Waals surface area contributed by atoms with Crippen molar-refractivity contribution in [2.24, 2.45) is 5.41 Å². The van der Waals surface area contributed by atoms with E-state index in [0.29, 0.717) is 12.0 Å². The number of esters is 3. The second-order valence-electron chi connectivity index (χ2n) is 9.21. The molecule has 0 aliphatic carbocycles. The summed E-state index contributed by atoms with van der Waals surface area (Å²) in [5.41, 5.74) is -0.408. The molecule has 0 spiro atoms. The summed E-state index contributed by atoms with van der Waals surface area (Å²) in [5, 5.41) is 0. The van der Waals surface area contributed by atoms with Crippen molar-refractivity contribution in [1.29, 1.82) is 0 Å². The van der Waals surface area contributed by atoms with Crippen LogP contribution in [0, 0.1) is 5.41 Å². The maximum atomic E-state index is 12.6. The monoisotopic (exact) mass is 502 g/mol. The Kier molecular flexibility index (Phi) is 6.58. The molecule has 4 rings (SSSR count). The molecule has 0 aromatic heterocycles. The topological polar surface area (TPSA) is 107 Å². The molecule has 0 saturated carbocycles. The average Bonchev–Trinajstić information content (AvgIpc) is 3.44. The number of halogens is 3. The Morgan fingerprint density at radius 1 is 1.03 bits per heavy atom. The number of carbonyl (C=O) groups is 3. The van der Waals surface area contributed by atoms with Crippen LogP contribution in [-0.4, -0.2) is 60.9 Å². The Bertz CT molecular complexity index is 991. The SMILES string of the molecule is CCC(C)(C)C(=O)OC1C(=O)OC2C3OC(c4ccc(C(=O)OC(C)C(F)(F)F)cc4)OC3OC12. The predicted octanol–water partition coefficient (Wildman–Crippen LogP) is 3.21. The van der Waals surface area contributed by atoms with E-state index >= 15 is 0 Å². The quantitative estimate of drug-likeness (QED) is 0.428. The highest BCUT2D eigenvalue weighted by atomic mass is 19.4. The lowest BCUT2D eigenvalue weighted by Crippen LogP contribution is -2.39. The minimum Gasteiger partial charge on any atom is -0.454 e. The fraction of sp³-hybridized carbons (Fsp3) is 0.609. The third-order valence-electron chi connectivity index (χ3n) is 6.36. The van der Waals surface area contributed by atoms with Crippen LogP contribution in [0.1, 0.15) is 56.3 Å². The second kappa shape index (κ2) is 9.07. The van der Waals surface area contributed by atoms with Crippen LogP contribution in [0.15, 0.2) is 24.3 Å². The first-order chi connectivity index (χ1) is 16.3. The minimum absolute atomic E-state index is 0.0799. The van der Waals surface area contributed by atoms with Gasteiger partial charge < -0.3 is 28.4 Å². The molecule has 3 aliphatic heterocycles. The van der Waals surface area contributed by atoms with Gasteiger partial charge in [0, 0.05) is 5.56 Å². The summed E-state index contributed by atoms with van der Waals surface area (Å²) < 4.78 is 70.4. The fourth-order valence-corrected chi connectivity index (χ4v) is 3.68. The Balaban J connectivity index is 1.37. The van der Waals surface area contributed by atoms with E-state index in [4.69, 9.17) is 23.7 Å². The summed E-state index contributed by atoms with van der Waals surface area (Å²) in [6, 6.07) is 5.45. The van der Waals surface area contributed by atoms with E-state index in [2.05, 4.69) is 4.74 Å². The summed E-state index contributed by atoms with van der Waals surface area (Å²) >= 11 is 0. The van der Waals surface area contributed by atoms with Crippen LogP contribution in [-0.2, 0) is 38.0 Å². The molecular formula is C23H25F3O9. The highest BCUT2D eigenvalue weighted by molar-refractivity contribution is 5.89. The van der Waals surface area contributed by atoms with E-state index in [-0.39, 0.29) is 5.56 Å². The van der Waals surface area contributed by atoms with Crippen LogP contribution >= 0.6 is 0 Å². The molecule has 1 aromatic rings. The maximum absolute atomic E-state index is 12.6. The molecule has 0 radical (unpaired) electrons. The zero-order chi connectivity index (χ0) is 25.7. The number of alkyl halides is 3. The standard InChI is InChI=1S/C23H25F3O9/c1-5-22(3,4)21(29)34-15-13-14(31-18(15)28)16-20(32-13)35-19(33-16)12-8-6-11(7-9-12)17(27)30-10(2)23(24,25)26/h6-10,13-16,19-20H,5H2,1-4H3. The molecule has 3 fully saturated rings. The average molecular weight is 502 g/mol. The van der Waals surface area contributed by atoms with E-state index < -0.39 is 72.6 Å². The Hall–Kier alpha value is -2.70. The third kappa shape index (κ3) is 4.87. The molecule has 0 N–H and O–H groups in total. The number of rotatable bonds is 6. The first-order valence-electron chi connectivity index (χ1n) is 11.1. The van der Waals surface area contributed by atoms with Crippen molar-refractivity contribution in [3.8, 4) is 0 Å².